The summed E-state index contributed by atoms with van der Waals surface area (Å²) in [4.78, 5) is 4.89. The Bertz CT molecular complexity index is 1700. The molecule has 36 heavy (non-hydrogen) atoms. The van der Waals surface area contributed by atoms with Crippen molar-refractivity contribution in [2.24, 2.45) is 0 Å². The van der Waals surface area contributed by atoms with E-state index in [-0.39, 0.29) is 0 Å². The highest BCUT2D eigenvalue weighted by Crippen LogP contribution is 2.44. The summed E-state index contributed by atoms with van der Waals surface area (Å²) in [6.45, 7) is 0. The molecule has 4 aromatic carbocycles. The van der Waals surface area contributed by atoms with Crippen LogP contribution >= 0.6 is 22.7 Å². The molecule has 3 heterocycles. The fourth-order valence-electron chi connectivity index (χ4n) is 4.88. The van der Waals surface area contributed by atoms with Gasteiger partial charge in [-0.05, 0) is 60.7 Å². The molecule has 0 fully saturated rings. The molecule has 7 aromatic rings. The minimum absolute atomic E-state index is 1.16. The Morgan fingerprint density at radius 3 is 1.56 bits per heavy atom. The van der Waals surface area contributed by atoms with Gasteiger partial charge in [0.15, 0.2) is 0 Å². The Labute approximate surface area is 217 Å². The third kappa shape index (κ3) is 3.54. The summed E-state index contributed by atoms with van der Waals surface area (Å²) in [6.07, 6.45) is 0. The summed E-state index contributed by atoms with van der Waals surface area (Å²) in [5, 5.41) is 5.03. The third-order valence-electron chi connectivity index (χ3n) is 6.48. The van der Waals surface area contributed by atoms with Gasteiger partial charge in [-0.1, -0.05) is 72.8 Å². The van der Waals surface area contributed by atoms with Crippen molar-refractivity contribution in [2.75, 3.05) is 4.90 Å². The molecule has 172 valence electrons. The van der Waals surface area contributed by atoms with Gasteiger partial charge < -0.3 is 9.47 Å². The van der Waals surface area contributed by atoms with E-state index in [9.17, 15) is 0 Å². The van der Waals surface area contributed by atoms with Gasteiger partial charge >= 0.3 is 0 Å². The van der Waals surface area contributed by atoms with Crippen LogP contribution in [-0.2, 0) is 0 Å². The smallest absolute Gasteiger partial charge is 0.101 e. The van der Waals surface area contributed by atoms with E-state index in [2.05, 4.69) is 143 Å². The molecule has 0 spiro atoms. The van der Waals surface area contributed by atoms with Crippen molar-refractivity contribution in [3.05, 3.63) is 133 Å². The van der Waals surface area contributed by atoms with Crippen LogP contribution in [0.3, 0.4) is 0 Å². The first-order valence-corrected chi connectivity index (χ1v) is 13.6. The van der Waals surface area contributed by atoms with Crippen LogP contribution in [0.1, 0.15) is 0 Å². The molecule has 0 atom stereocenters. The van der Waals surface area contributed by atoms with Crippen molar-refractivity contribution < 1.29 is 0 Å². The fourth-order valence-corrected chi connectivity index (χ4v) is 7.05. The first kappa shape index (κ1) is 21.2. The molecule has 2 nitrogen and oxygen atoms in total. The predicted molar refractivity (Wildman–Crippen MR) is 157 cm³/mol. The molecule has 0 saturated heterocycles. The predicted octanol–water partition coefficient (Wildman–Crippen LogP) is 10.0. The minimum atomic E-state index is 1.16. The van der Waals surface area contributed by atoms with Crippen LogP contribution in [0.15, 0.2) is 133 Å². The number of hydrogen-bond donors (Lipinski definition) is 0. The molecule has 0 unspecified atom stereocenters. The molecule has 0 aliphatic heterocycles. The van der Waals surface area contributed by atoms with Crippen LogP contribution in [-0.4, -0.2) is 4.57 Å². The summed E-state index contributed by atoms with van der Waals surface area (Å²) in [7, 11) is 0. The fraction of sp³-hybridized carbons (Fsp3) is 0. The van der Waals surface area contributed by atoms with E-state index in [1.165, 1.54) is 41.6 Å². The van der Waals surface area contributed by atoms with Crippen LogP contribution in [0.25, 0.3) is 36.6 Å². The van der Waals surface area contributed by atoms with Crippen LogP contribution in [0.4, 0.5) is 16.4 Å². The van der Waals surface area contributed by atoms with Gasteiger partial charge in [-0.25, -0.2) is 0 Å². The second-order valence-electron chi connectivity index (χ2n) is 8.65. The Morgan fingerprint density at radius 2 is 0.944 bits per heavy atom. The number of benzene rings is 4. The Hall–Kier alpha value is -4.12. The topological polar surface area (TPSA) is 8.17 Å². The minimum Gasteiger partial charge on any atom is -0.302 e. The summed E-state index contributed by atoms with van der Waals surface area (Å²) >= 11 is 3.67. The first-order chi connectivity index (χ1) is 17.9. The molecule has 3 aromatic heterocycles. The first-order valence-electron chi connectivity index (χ1n) is 12.0. The van der Waals surface area contributed by atoms with E-state index in [4.69, 9.17) is 0 Å². The van der Waals surface area contributed by atoms with E-state index in [0.717, 1.165) is 11.4 Å². The van der Waals surface area contributed by atoms with Crippen LogP contribution in [0.5, 0.6) is 0 Å². The van der Waals surface area contributed by atoms with E-state index in [0.29, 0.717) is 0 Å². The van der Waals surface area contributed by atoms with E-state index >= 15 is 0 Å². The molecule has 0 aliphatic rings. The average molecular weight is 499 g/mol. The zero-order valence-electron chi connectivity index (χ0n) is 19.4. The van der Waals surface area contributed by atoms with E-state index < -0.39 is 0 Å². The van der Waals surface area contributed by atoms with Crippen molar-refractivity contribution in [1.29, 1.82) is 0 Å². The Balaban J connectivity index is 1.31. The average Bonchev–Trinajstić information content (AvgIpc) is 3.68. The van der Waals surface area contributed by atoms with Gasteiger partial charge in [0.05, 0.1) is 11.0 Å². The molecule has 0 radical (unpaired) electrons. The van der Waals surface area contributed by atoms with Gasteiger partial charge in [-0.3, -0.25) is 0 Å². The third-order valence-corrected chi connectivity index (χ3v) is 8.81. The Morgan fingerprint density at radius 1 is 0.444 bits per heavy atom. The second kappa shape index (κ2) is 8.83. The molecular formula is C32H22N2S2. The van der Waals surface area contributed by atoms with Crippen LogP contribution in [0, 0.1) is 0 Å². The van der Waals surface area contributed by atoms with Crippen LogP contribution in [0.2, 0.25) is 0 Å². The molecule has 0 amide bonds. The number of rotatable bonds is 5. The lowest BCUT2D eigenvalue weighted by molar-refractivity contribution is 1.22. The van der Waals surface area contributed by atoms with Gasteiger partial charge in [0, 0.05) is 31.9 Å². The van der Waals surface area contributed by atoms with E-state index in [1.807, 2.05) is 22.7 Å². The number of thiophene rings is 2. The maximum absolute atomic E-state index is 2.40. The lowest BCUT2D eigenvalue weighted by atomic mass is 10.2. The molecule has 0 bridgehead atoms. The Kier molecular flexibility index (Phi) is 5.20. The molecule has 0 saturated carbocycles. The maximum atomic E-state index is 2.40. The standard InChI is InChI=1S/C32H22N2S2/c1-3-11-23(12-4-1)33(24-13-5-2-6-14-24)31-21-19-29(35-31)30-20-22-32(36-30)34-27-17-9-7-15-25(27)26-16-8-10-18-28(26)34/h1-22H. The number of anilines is 3. The highest BCUT2D eigenvalue weighted by molar-refractivity contribution is 7.25. The zero-order chi connectivity index (χ0) is 23.9. The van der Waals surface area contributed by atoms with Crippen LogP contribution < -0.4 is 4.90 Å². The van der Waals surface area contributed by atoms with Crippen molar-refractivity contribution >= 4 is 60.9 Å². The summed E-state index contributed by atoms with van der Waals surface area (Å²) in [5.41, 5.74) is 4.82. The number of fused-ring (bicyclic) bond motifs is 3. The molecule has 0 N–H and O–H groups in total. The van der Waals surface area contributed by atoms with Gasteiger partial charge in [0.25, 0.3) is 0 Å². The van der Waals surface area contributed by atoms with E-state index in [1.54, 1.807) is 0 Å². The monoisotopic (exact) mass is 498 g/mol. The quantitative estimate of drug-likeness (QED) is 0.229. The number of hydrogen-bond acceptors (Lipinski definition) is 3. The highest BCUT2D eigenvalue weighted by atomic mass is 32.1. The molecule has 0 aliphatic carbocycles. The van der Waals surface area contributed by atoms with Gasteiger partial charge in [-0.15, -0.1) is 22.7 Å². The molecular weight excluding hydrogens is 477 g/mol. The molecule has 4 heteroatoms. The van der Waals surface area contributed by atoms with Gasteiger partial charge in [-0.2, -0.15) is 0 Å². The van der Waals surface area contributed by atoms with Crippen molar-refractivity contribution in [3.8, 4) is 14.8 Å². The largest absolute Gasteiger partial charge is 0.302 e. The zero-order valence-corrected chi connectivity index (χ0v) is 21.0. The lowest BCUT2D eigenvalue weighted by Gasteiger charge is -2.23. The maximum Gasteiger partial charge on any atom is 0.101 e. The van der Waals surface area contributed by atoms with Crippen molar-refractivity contribution in [2.45, 2.75) is 0 Å². The highest BCUT2D eigenvalue weighted by Gasteiger charge is 2.17. The number of para-hydroxylation sites is 4. The number of nitrogens with zero attached hydrogens (tertiary/aromatic N) is 2. The lowest BCUT2D eigenvalue weighted by Crippen LogP contribution is -2.07. The van der Waals surface area contributed by atoms with Gasteiger partial charge in [0.1, 0.15) is 10.0 Å². The summed E-state index contributed by atoms with van der Waals surface area (Å²) in [6, 6.07) is 47.5. The normalized spacial score (nSPS) is 11.3. The SMILES string of the molecule is c1ccc(N(c2ccccc2)c2ccc(-c3ccc(-n4c5ccccc5c5ccccc54)s3)s2)cc1. The second-order valence-corrected chi connectivity index (χ2v) is 10.8. The summed E-state index contributed by atoms with van der Waals surface area (Å²) < 4.78 is 2.40. The van der Waals surface area contributed by atoms with Gasteiger partial charge in [0.2, 0.25) is 0 Å². The number of aromatic nitrogens is 1. The summed E-state index contributed by atoms with van der Waals surface area (Å²) in [5.74, 6) is 0. The molecule has 7 rings (SSSR count). The van der Waals surface area contributed by atoms with Crippen molar-refractivity contribution in [3.63, 3.8) is 0 Å². The van der Waals surface area contributed by atoms with Crippen molar-refractivity contribution in [1.82, 2.24) is 4.57 Å².